The number of nitrogens with one attached hydrogen (secondary N) is 1. The van der Waals surface area contributed by atoms with Gasteiger partial charge in [0.05, 0.1) is 18.9 Å². The summed E-state index contributed by atoms with van der Waals surface area (Å²) in [7, 11) is 1.61. The highest BCUT2D eigenvalue weighted by Crippen LogP contribution is 2.17. The molecule has 1 aliphatic rings. The lowest BCUT2D eigenvalue weighted by molar-refractivity contribution is 0.0187. The van der Waals surface area contributed by atoms with Gasteiger partial charge in [0.1, 0.15) is 0 Å². The minimum Gasteiger partial charge on any atom is -0.379 e. The summed E-state index contributed by atoms with van der Waals surface area (Å²) in [6, 6.07) is 10.8. The van der Waals surface area contributed by atoms with Crippen LogP contribution in [0.4, 0.5) is 0 Å². The summed E-state index contributed by atoms with van der Waals surface area (Å²) < 4.78 is 6.66. The molecule has 0 spiro atoms. The average molecular weight is 370 g/mol. The van der Waals surface area contributed by atoms with Gasteiger partial charge in [-0.25, -0.2) is 4.68 Å². The number of rotatable bonds is 6. The van der Waals surface area contributed by atoms with Gasteiger partial charge >= 0.3 is 0 Å². The fourth-order valence-electron chi connectivity index (χ4n) is 3.17. The second-order valence-electron chi connectivity index (χ2n) is 6.80. The number of aromatic nitrogens is 2. The Kier molecular flexibility index (Phi) is 6.36. The molecule has 0 aliphatic carbocycles. The van der Waals surface area contributed by atoms with Crippen molar-refractivity contribution < 1.29 is 9.53 Å². The molecule has 7 heteroatoms. The van der Waals surface area contributed by atoms with Gasteiger partial charge in [-0.05, 0) is 31.5 Å². The smallest absolute Gasteiger partial charge is 0.266 e. The summed E-state index contributed by atoms with van der Waals surface area (Å²) in [6.07, 6.45) is 0.897. The summed E-state index contributed by atoms with van der Waals surface area (Å²) in [5, 5.41) is 7.23. The van der Waals surface area contributed by atoms with Crippen LogP contribution in [0.15, 0.2) is 41.2 Å². The van der Waals surface area contributed by atoms with E-state index in [-0.39, 0.29) is 11.5 Å². The van der Waals surface area contributed by atoms with Gasteiger partial charge in [0, 0.05) is 49.9 Å². The molecule has 2 aromatic rings. The Morgan fingerprint density at radius 2 is 2.04 bits per heavy atom. The molecule has 0 unspecified atom stereocenters. The summed E-state index contributed by atoms with van der Waals surface area (Å²) >= 11 is 0. The topological polar surface area (TPSA) is 76.5 Å². The van der Waals surface area contributed by atoms with E-state index in [9.17, 15) is 9.59 Å². The number of aryl methyl sites for hydroxylation is 1. The predicted octanol–water partition coefficient (Wildman–Crippen LogP) is 1.29. The molecular formula is C20H26N4O3. The molecule has 0 bridgehead atoms. The van der Waals surface area contributed by atoms with E-state index in [2.05, 4.69) is 22.2 Å². The maximum Gasteiger partial charge on any atom is 0.266 e. The van der Waals surface area contributed by atoms with Crippen LogP contribution in [0.1, 0.15) is 23.7 Å². The third-order valence-corrected chi connectivity index (χ3v) is 4.90. The maximum atomic E-state index is 12.5. The van der Waals surface area contributed by atoms with Crippen molar-refractivity contribution in [2.75, 3.05) is 32.8 Å². The van der Waals surface area contributed by atoms with Crippen LogP contribution in [0.25, 0.3) is 11.3 Å². The third kappa shape index (κ3) is 5.02. The molecule has 1 saturated heterocycles. The lowest BCUT2D eigenvalue weighted by Gasteiger charge is -2.32. The van der Waals surface area contributed by atoms with Crippen molar-refractivity contribution in [2.24, 2.45) is 7.05 Å². The number of nitrogens with zero attached hydrogens (tertiary/aromatic N) is 3. The zero-order chi connectivity index (χ0) is 19.2. The van der Waals surface area contributed by atoms with Crippen molar-refractivity contribution >= 4 is 5.91 Å². The number of morpholine rings is 1. The Hall–Kier alpha value is -2.51. The minimum absolute atomic E-state index is 0.101. The largest absolute Gasteiger partial charge is 0.379 e. The van der Waals surface area contributed by atoms with Gasteiger partial charge in [0.2, 0.25) is 0 Å². The van der Waals surface area contributed by atoms with E-state index < -0.39 is 0 Å². The highest BCUT2D eigenvalue weighted by Gasteiger charge is 2.17. The van der Waals surface area contributed by atoms with E-state index in [4.69, 9.17) is 4.74 Å². The Morgan fingerprint density at radius 1 is 1.26 bits per heavy atom. The summed E-state index contributed by atoms with van der Waals surface area (Å²) in [4.78, 5) is 26.4. The zero-order valence-corrected chi connectivity index (χ0v) is 15.9. The average Bonchev–Trinajstić information content (AvgIpc) is 2.70. The number of amides is 1. The second kappa shape index (κ2) is 8.92. The molecule has 144 valence electrons. The van der Waals surface area contributed by atoms with Crippen LogP contribution >= 0.6 is 0 Å². The van der Waals surface area contributed by atoms with Crippen molar-refractivity contribution in [1.82, 2.24) is 20.0 Å². The molecular weight excluding hydrogens is 344 g/mol. The quantitative estimate of drug-likeness (QED) is 0.829. The van der Waals surface area contributed by atoms with Crippen LogP contribution in [0.2, 0.25) is 0 Å². The Labute approximate surface area is 158 Å². The number of hydrogen-bond donors (Lipinski definition) is 1. The first kappa shape index (κ1) is 19.3. The predicted molar refractivity (Wildman–Crippen MR) is 104 cm³/mol. The molecule has 1 aromatic carbocycles. The molecule has 1 amide bonds. The fraction of sp³-hybridized carbons (Fsp3) is 0.450. The van der Waals surface area contributed by atoms with E-state index in [1.807, 2.05) is 12.1 Å². The van der Waals surface area contributed by atoms with E-state index in [1.54, 1.807) is 25.2 Å². The van der Waals surface area contributed by atoms with Gasteiger partial charge in [-0.2, -0.15) is 5.10 Å². The molecule has 1 fully saturated rings. The van der Waals surface area contributed by atoms with Gasteiger partial charge in [-0.3, -0.25) is 14.5 Å². The zero-order valence-electron chi connectivity index (χ0n) is 15.9. The monoisotopic (exact) mass is 370 g/mol. The van der Waals surface area contributed by atoms with Gasteiger partial charge in [-0.1, -0.05) is 12.1 Å². The summed E-state index contributed by atoms with van der Waals surface area (Å²) in [6.45, 7) is 6.27. The van der Waals surface area contributed by atoms with Crippen LogP contribution in [0.3, 0.4) is 0 Å². The van der Waals surface area contributed by atoms with Crippen LogP contribution in [0.5, 0.6) is 0 Å². The number of carbonyl (C=O) groups excluding carboxylic acids is 1. The maximum absolute atomic E-state index is 12.5. The fourth-order valence-corrected chi connectivity index (χ4v) is 3.17. The molecule has 1 N–H and O–H groups in total. The van der Waals surface area contributed by atoms with E-state index >= 15 is 0 Å². The molecule has 1 atom stereocenters. The molecule has 0 saturated carbocycles. The van der Waals surface area contributed by atoms with Crippen molar-refractivity contribution in [1.29, 1.82) is 0 Å². The third-order valence-electron chi connectivity index (χ3n) is 4.90. The number of ether oxygens (including phenoxy) is 1. The molecule has 1 aromatic heterocycles. The van der Waals surface area contributed by atoms with Crippen LogP contribution in [-0.2, 0) is 11.8 Å². The number of benzene rings is 1. The lowest BCUT2D eigenvalue weighted by Crippen LogP contribution is -2.43. The van der Waals surface area contributed by atoms with Crippen LogP contribution in [-0.4, -0.2) is 59.5 Å². The van der Waals surface area contributed by atoms with Crippen molar-refractivity contribution in [3.05, 3.63) is 52.3 Å². The normalized spacial score (nSPS) is 16.1. The molecule has 1 aliphatic heterocycles. The van der Waals surface area contributed by atoms with Gasteiger partial charge in [0.25, 0.3) is 11.5 Å². The lowest BCUT2D eigenvalue weighted by atomic mass is 10.1. The molecule has 0 radical (unpaired) electrons. The van der Waals surface area contributed by atoms with Gasteiger partial charge < -0.3 is 10.1 Å². The SMILES string of the molecule is C[C@H](CCNC(=O)c1cccc(-c2ccc(=O)n(C)n2)c1)N1CCOCC1. The second-order valence-corrected chi connectivity index (χ2v) is 6.80. The highest BCUT2D eigenvalue weighted by atomic mass is 16.5. The van der Waals surface area contributed by atoms with Crippen LogP contribution in [0, 0.1) is 0 Å². The highest BCUT2D eigenvalue weighted by molar-refractivity contribution is 5.95. The van der Waals surface area contributed by atoms with Crippen molar-refractivity contribution in [2.45, 2.75) is 19.4 Å². The number of carbonyl (C=O) groups is 1. The van der Waals surface area contributed by atoms with Gasteiger partial charge in [0.15, 0.2) is 0 Å². The number of hydrogen-bond acceptors (Lipinski definition) is 5. The first-order valence-corrected chi connectivity index (χ1v) is 9.29. The first-order valence-electron chi connectivity index (χ1n) is 9.29. The van der Waals surface area contributed by atoms with Crippen molar-refractivity contribution in [3.8, 4) is 11.3 Å². The van der Waals surface area contributed by atoms with E-state index in [1.165, 1.54) is 10.7 Å². The minimum atomic E-state index is -0.165. The van der Waals surface area contributed by atoms with E-state index in [0.29, 0.717) is 23.8 Å². The summed E-state index contributed by atoms with van der Waals surface area (Å²) in [5.74, 6) is -0.101. The molecule has 2 heterocycles. The first-order chi connectivity index (χ1) is 13.0. The Morgan fingerprint density at radius 3 is 2.78 bits per heavy atom. The van der Waals surface area contributed by atoms with Crippen LogP contribution < -0.4 is 10.9 Å². The van der Waals surface area contributed by atoms with Crippen molar-refractivity contribution in [3.63, 3.8) is 0 Å². The van der Waals surface area contributed by atoms with E-state index in [0.717, 1.165) is 38.3 Å². The summed E-state index contributed by atoms with van der Waals surface area (Å²) in [5.41, 5.74) is 1.89. The Balaban J connectivity index is 1.58. The Bertz CT molecular complexity index is 843. The standard InChI is InChI=1S/C20H26N4O3/c1-15(24-10-12-27-13-11-24)8-9-21-20(26)17-5-3-4-16(14-17)18-6-7-19(25)23(2)22-18/h3-7,14-15H,8-13H2,1-2H3,(H,21,26)/t15-/m1/s1. The molecule has 27 heavy (non-hydrogen) atoms. The van der Waals surface area contributed by atoms with Gasteiger partial charge in [-0.15, -0.1) is 0 Å². The molecule has 7 nitrogen and oxygen atoms in total. The molecule has 3 rings (SSSR count).